The van der Waals surface area contributed by atoms with Crippen LogP contribution in [-0.4, -0.2) is 0 Å². The second-order valence-electron chi connectivity index (χ2n) is 6.27. The van der Waals surface area contributed by atoms with Gasteiger partial charge in [0, 0.05) is 6.32 Å². The fraction of sp³-hybridized carbons (Fsp3) is 0.100. The largest absolute Gasteiger partial charge is 1.00 e. The Balaban J connectivity index is 0.00000256. The Morgan fingerprint density at radius 1 is 0.968 bits per heavy atom. The molecule has 2 N–H and O–H groups in total. The number of rotatable bonds is 7. The number of anilines is 2. The van der Waals surface area contributed by atoms with Gasteiger partial charge in [0.1, 0.15) is 5.36 Å². The summed E-state index contributed by atoms with van der Waals surface area (Å²) in [5.41, 5.74) is 7.73. The molecule has 3 rings (SSSR count). The van der Waals surface area contributed by atoms with Gasteiger partial charge in [0.2, 0.25) is 10.9 Å². The fourth-order valence-electron chi connectivity index (χ4n) is 2.55. The van der Waals surface area contributed by atoms with Crippen molar-refractivity contribution in [2.45, 2.75) is 18.7 Å². The summed E-state index contributed by atoms with van der Waals surface area (Å²) in [4.78, 5) is 25.4. The van der Waals surface area contributed by atoms with Gasteiger partial charge in [-0.3, -0.25) is 25.5 Å². The van der Waals surface area contributed by atoms with E-state index in [9.17, 15) is 14.8 Å². The van der Waals surface area contributed by atoms with Crippen LogP contribution in [0.1, 0.15) is 12.6 Å². The van der Waals surface area contributed by atoms with Crippen LogP contribution in [0.15, 0.2) is 79.3 Å². The maximum atomic E-state index is 12.6. The molecule has 0 bridgehead atoms. The van der Waals surface area contributed by atoms with Crippen molar-refractivity contribution in [1.29, 1.82) is 0 Å². The van der Waals surface area contributed by atoms with Gasteiger partial charge in [-0.25, -0.2) is 0 Å². The molecule has 3 aromatic rings. The summed E-state index contributed by atoms with van der Waals surface area (Å²) < 4.78 is 4.23. The van der Waals surface area contributed by atoms with Crippen molar-refractivity contribution in [2.75, 3.05) is 10.9 Å². The van der Waals surface area contributed by atoms with E-state index in [2.05, 4.69) is 30.4 Å². The van der Waals surface area contributed by atoms with E-state index in [0.717, 1.165) is 23.2 Å². The van der Waals surface area contributed by atoms with Crippen LogP contribution < -0.4 is 67.2 Å². The summed E-state index contributed by atoms with van der Waals surface area (Å²) in [7, 11) is 0. The maximum absolute atomic E-state index is 12.6. The average molecular weight is 450 g/mol. The molecule has 0 aromatic heterocycles. The van der Waals surface area contributed by atoms with Crippen LogP contribution >= 0.6 is 12.0 Å². The molecule has 0 aliphatic rings. The molecular formula is C20H19N4NaO5S. The van der Waals surface area contributed by atoms with E-state index < -0.39 is 10.9 Å². The molecule has 0 aliphatic carbocycles. The molecule has 0 amide bonds. The molecule has 0 spiro atoms. The number of nitrogens with one attached hydrogen (secondary N) is 2. The van der Waals surface area contributed by atoms with Gasteiger partial charge in [-0.15, -0.1) is 0 Å². The summed E-state index contributed by atoms with van der Waals surface area (Å²) in [6, 6.07) is 14.9. The molecule has 3 aromatic carbocycles. The van der Waals surface area contributed by atoms with Crippen molar-refractivity contribution >= 4 is 23.4 Å². The van der Waals surface area contributed by atoms with Crippen LogP contribution in [0.3, 0.4) is 0 Å². The van der Waals surface area contributed by atoms with Crippen molar-refractivity contribution in [3.05, 3.63) is 96.9 Å². The summed E-state index contributed by atoms with van der Waals surface area (Å²) in [5, 5.41) is 21.0. The first-order valence-electron chi connectivity index (χ1n) is 8.73. The van der Waals surface area contributed by atoms with E-state index in [-0.39, 0.29) is 41.7 Å². The minimum Gasteiger partial charge on any atom is -0.691 e. The fourth-order valence-corrected chi connectivity index (χ4v) is 2.91. The van der Waals surface area contributed by atoms with Crippen LogP contribution in [0.2, 0.25) is 0 Å². The van der Waals surface area contributed by atoms with Crippen LogP contribution in [0.25, 0.3) is 0 Å². The van der Waals surface area contributed by atoms with Crippen molar-refractivity contribution < 1.29 is 45.6 Å². The van der Waals surface area contributed by atoms with Gasteiger partial charge in [-0.1, -0.05) is 17.7 Å². The third kappa shape index (κ3) is 6.84. The monoisotopic (exact) mass is 450 g/mol. The predicted octanol–water partition coefficient (Wildman–Crippen LogP) is -1.76. The second kappa shape index (κ2) is 11.9. The third-order valence-corrected chi connectivity index (χ3v) is 4.65. The molecule has 0 aliphatic heterocycles. The van der Waals surface area contributed by atoms with Gasteiger partial charge in [0.05, 0.1) is 23.4 Å². The van der Waals surface area contributed by atoms with E-state index in [0.29, 0.717) is 16.3 Å². The number of hydrogen-bond acceptors (Lipinski definition) is 10. The van der Waals surface area contributed by atoms with Gasteiger partial charge in [-0.2, -0.15) is 14.5 Å². The minimum absolute atomic E-state index is 0. The van der Waals surface area contributed by atoms with Gasteiger partial charge >= 0.3 is 29.6 Å². The van der Waals surface area contributed by atoms with Gasteiger partial charge in [-0.05, 0) is 61.9 Å². The van der Waals surface area contributed by atoms with Crippen molar-refractivity contribution in [2.24, 2.45) is 10.2 Å². The first-order valence-corrected chi connectivity index (χ1v) is 9.47. The number of nitrogens with zero attached hydrogens (tertiary/aromatic N) is 2. The zero-order valence-corrected chi connectivity index (χ0v) is 19.9. The van der Waals surface area contributed by atoms with Crippen LogP contribution in [0, 0.1) is 13.8 Å². The Labute approximate surface area is 205 Å². The predicted molar refractivity (Wildman–Crippen MR) is 112 cm³/mol. The molecule has 0 saturated carbocycles. The SMILES string of the molecule is Cc1ccc(NN=c2c(=O)ccc(=NNc3ccc(SOO[O-])cc3)c2=O)c(C)c1.[HH].[Na+]. The van der Waals surface area contributed by atoms with E-state index in [1.54, 1.807) is 24.3 Å². The molecule has 156 valence electrons. The summed E-state index contributed by atoms with van der Waals surface area (Å²) >= 11 is 0.758. The Kier molecular flexibility index (Phi) is 9.59. The summed E-state index contributed by atoms with van der Waals surface area (Å²) in [6.07, 6.45) is 0. The van der Waals surface area contributed by atoms with E-state index in [4.69, 9.17) is 0 Å². The number of hydrogen-bond donors (Lipinski definition) is 2. The molecule has 9 nitrogen and oxygen atoms in total. The summed E-state index contributed by atoms with van der Waals surface area (Å²) in [6.45, 7) is 3.87. The van der Waals surface area contributed by atoms with Gasteiger partial charge < -0.3 is 5.26 Å². The van der Waals surface area contributed by atoms with E-state index in [1.165, 1.54) is 12.1 Å². The smallest absolute Gasteiger partial charge is 0.691 e. The molecule has 31 heavy (non-hydrogen) atoms. The Morgan fingerprint density at radius 2 is 1.71 bits per heavy atom. The molecule has 0 fully saturated rings. The Hall–Kier alpha value is -2.31. The van der Waals surface area contributed by atoms with Crippen LogP contribution in [0.4, 0.5) is 11.4 Å². The van der Waals surface area contributed by atoms with Gasteiger partial charge in [0.15, 0.2) is 5.36 Å². The second-order valence-corrected chi connectivity index (χ2v) is 7.04. The van der Waals surface area contributed by atoms with Crippen LogP contribution in [-0.2, 0) is 9.37 Å². The third-order valence-electron chi connectivity index (χ3n) is 4.06. The van der Waals surface area contributed by atoms with E-state index in [1.807, 2.05) is 32.0 Å². The van der Waals surface area contributed by atoms with Crippen LogP contribution in [0.5, 0.6) is 0 Å². The zero-order valence-electron chi connectivity index (χ0n) is 17.0. The maximum Gasteiger partial charge on any atom is 1.00 e. The van der Waals surface area contributed by atoms with Gasteiger partial charge in [0.25, 0.3) is 0 Å². The molecule has 0 unspecified atom stereocenters. The minimum atomic E-state index is -0.597. The summed E-state index contributed by atoms with van der Waals surface area (Å²) in [5.74, 6) is 0. The quantitative estimate of drug-likeness (QED) is 0.188. The Bertz CT molecular complexity index is 1260. The first kappa shape index (κ1) is 25.0. The normalized spacial score (nSPS) is 11.8. The van der Waals surface area contributed by atoms with Crippen molar-refractivity contribution in [3.63, 3.8) is 0 Å². The van der Waals surface area contributed by atoms with E-state index >= 15 is 0 Å². The first-order chi connectivity index (χ1) is 14.5. The Morgan fingerprint density at radius 3 is 2.39 bits per heavy atom. The molecule has 0 saturated heterocycles. The topological polar surface area (TPSA) is 124 Å². The number of aryl methyl sites for hydroxylation is 2. The zero-order chi connectivity index (χ0) is 21.5. The van der Waals surface area contributed by atoms with Crippen molar-refractivity contribution in [3.8, 4) is 0 Å². The molecule has 0 radical (unpaired) electrons. The molecule has 11 heteroatoms. The number of benzene rings is 3. The van der Waals surface area contributed by atoms with Crippen molar-refractivity contribution in [1.82, 2.24) is 0 Å². The average Bonchev–Trinajstić information content (AvgIpc) is 2.73. The molecular weight excluding hydrogens is 431 g/mol. The molecule has 0 heterocycles. The standard InChI is InChI=1S/C20H18N4O5S.Na.H2/c1-12-3-8-16(13(2)11-12)22-24-19-18(25)10-9-17(20(19)26)23-21-14-4-6-15(7-5-14)30-29-28-27;;/h3-11,21-22,27H,1-2H3;;1H/q;+1;/p-1. The molecule has 0 atom stereocenters.